The van der Waals surface area contributed by atoms with Gasteiger partial charge in [-0.25, -0.2) is 0 Å². The summed E-state index contributed by atoms with van der Waals surface area (Å²) >= 11 is 0. The number of hydrogen-bond acceptors (Lipinski definition) is 4. The van der Waals surface area contributed by atoms with Gasteiger partial charge in [-0.2, -0.15) is 0 Å². The quantitative estimate of drug-likeness (QED) is 0.867. The molecule has 0 saturated carbocycles. The van der Waals surface area contributed by atoms with Gasteiger partial charge in [0.2, 0.25) is 5.91 Å². The minimum Gasteiger partial charge on any atom is -0.496 e. The molecule has 0 aliphatic carbocycles. The van der Waals surface area contributed by atoms with Gasteiger partial charge in [-0.05, 0) is 19.9 Å². The first-order valence-corrected chi connectivity index (χ1v) is 7.36. The number of aryl methyl sites for hydroxylation is 1. The molecule has 1 heterocycles. The number of halogens is 1. The molecule has 0 spiro atoms. The number of ether oxygens (including phenoxy) is 2. The van der Waals surface area contributed by atoms with E-state index in [9.17, 15) is 4.79 Å². The molecule has 1 amide bonds. The highest BCUT2D eigenvalue weighted by atomic mass is 35.5. The van der Waals surface area contributed by atoms with Gasteiger partial charge in [0.1, 0.15) is 5.75 Å². The first-order chi connectivity index (χ1) is 10.1. The SMILES string of the molecule is COc1ccc(C)cc1C(C)NC(=O)CC1CNCCO1.Cl. The van der Waals surface area contributed by atoms with Gasteiger partial charge in [0.25, 0.3) is 0 Å². The average molecular weight is 329 g/mol. The lowest BCUT2D eigenvalue weighted by Crippen LogP contribution is -2.41. The summed E-state index contributed by atoms with van der Waals surface area (Å²) < 4.78 is 10.9. The highest BCUT2D eigenvalue weighted by Crippen LogP contribution is 2.26. The maximum Gasteiger partial charge on any atom is 0.223 e. The third kappa shape index (κ3) is 5.16. The van der Waals surface area contributed by atoms with Crippen molar-refractivity contribution in [2.24, 2.45) is 0 Å². The van der Waals surface area contributed by atoms with Gasteiger partial charge >= 0.3 is 0 Å². The van der Waals surface area contributed by atoms with Crippen LogP contribution in [0.25, 0.3) is 0 Å². The summed E-state index contributed by atoms with van der Waals surface area (Å²) in [6, 6.07) is 5.88. The maximum absolute atomic E-state index is 12.1. The molecular weight excluding hydrogens is 304 g/mol. The summed E-state index contributed by atoms with van der Waals surface area (Å²) in [4.78, 5) is 12.1. The summed E-state index contributed by atoms with van der Waals surface area (Å²) in [5.74, 6) is 0.795. The maximum atomic E-state index is 12.1. The molecule has 1 aromatic carbocycles. The predicted molar refractivity (Wildman–Crippen MR) is 88.8 cm³/mol. The zero-order valence-corrected chi connectivity index (χ0v) is 14.2. The Morgan fingerprint density at radius 2 is 2.32 bits per heavy atom. The Labute approximate surface area is 138 Å². The molecule has 2 rings (SSSR count). The Morgan fingerprint density at radius 3 is 2.95 bits per heavy atom. The fourth-order valence-corrected chi connectivity index (χ4v) is 2.53. The summed E-state index contributed by atoms with van der Waals surface area (Å²) in [7, 11) is 1.64. The average Bonchev–Trinajstić information content (AvgIpc) is 2.48. The highest BCUT2D eigenvalue weighted by Gasteiger charge is 2.20. The van der Waals surface area contributed by atoms with Crippen LogP contribution in [0.1, 0.15) is 30.5 Å². The fourth-order valence-electron chi connectivity index (χ4n) is 2.53. The van der Waals surface area contributed by atoms with Crippen molar-refractivity contribution in [2.45, 2.75) is 32.4 Å². The third-order valence-corrected chi connectivity index (χ3v) is 3.65. The van der Waals surface area contributed by atoms with E-state index in [2.05, 4.69) is 10.6 Å². The lowest BCUT2D eigenvalue weighted by molar-refractivity contribution is -0.125. The lowest BCUT2D eigenvalue weighted by atomic mass is 10.0. The second kappa shape index (κ2) is 8.98. The molecule has 0 bridgehead atoms. The van der Waals surface area contributed by atoms with Crippen LogP contribution in [0, 0.1) is 6.92 Å². The largest absolute Gasteiger partial charge is 0.496 e. The van der Waals surface area contributed by atoms with Crippen molar-refractivity contribution in [3.8, 4) is 5.75 Å². The Balaban J connectivity index is 0.00000242. The molecule has 124 valence electrons. The van der Waals surface area contributed by atoms with Gasteiger partial charge < -0.3 is 20.1 Å². The van der Waals surface area contributed by atoms with Crippen LogP contribution in [-0.2, 0) is 9.53 Å². The van der Waals surface area contributed by atoms with Crippen molar-refractivity contribution in [2.75, 3.05) is 26.8 Å². The minimum atomic E-state index is -0.0936. The molecule has 5 nitrogen and oxygen atoms in total. The molecule has 22 heavy (non-hydrogen) atoms. The third-order valence-electron chi connectivity index (χ3n) is 3.65. The number of benzene rings is 1. The molecular formula is C16H25ClN2O3. The van der Waals surface area contributed by atoms with Crippen LogP contribution in [0.2, 0.25) is 0 Å². The first kappa shape index (κ1) is 18.7. The van der Waals surface area contributed by atoms with Crippen molar-refractivity contribution >= 4 is 18.3 Å². The number of rotatable bonds is 5. The van der Waals surface area contributed by atoms with Gasteiger partial charge in [0.15, 0.2) is 0 Å². The number of hydrogen-bond donors (Lipinski definition) is 2. The van der Waals surface area contributed by atoms with Crippen molar-refractivity contribution in [1.82, 2.24) is 10.6 Å². The summed E-state index contributed by atoms with van der Waals surface area (Å²) in [5.41, 5.74) is 2.14. The molecule has 1 aliphatic heterocycles. The fraction of sp³-hybridized carbons (Fsp3) is 0.562. The van der Waals surface area contributed by atoms with Gasteiger partial charge in [0.05, 0.1) is 32.3 Å². The normalized spacial score (nSPS) is 19.0. The van der Waals surface area contributed by atoms with Crippen molar-refractivity contribution in [3.63, 3.8) is 0 Å². The van der Waals surface area contributed by atoms with E-state index in [0.717, 1.165) is 30.0 Å². The van der Waals surface area contributed by atoms with Crippen LogP contribution in [0.4, 0.5) is 0 Å². The Hall–Kier alpha value is -1.30. The van der Waals surface area contributed by atoms with Crippen LogP contribution in [0.15, 0.2) is 18.2 Å². The van der Waals surface area contributed by atoms with Crippen molar-refractivity contribution in [1.29, 1.82) is 0 Å². The van der Waals surface area contributed by atoms with Gasteiger partial charge in [-0.1, -0.05) is 17.7 Å². The number of carbonyl (C=O) groups excluding carboxylic acids is 1. The Morgan fingerprint density at radius 1 is 1.55 bits per heavy atom. The minimum absolute atomic E-state index is 0. The van der Waals surface area contributed by atoms with Crippen LogP contribution < -0.4 is 15.4 Å². The standard InChI is InChI=1S/C16H24N2O3.ClH/c1-11-4-5-15(20-3)14(8-11)12(2)18-16(19)9-13-10-17-6-7-21-13;/h4-5,8,12-13,17H,6-7,9-10H2,1-3H3,(H,18,19);1H. The molecule has 2 atom stereocenters. The number of amides is 1. The van der Waals surface area contributed by atoms with Crippen LogP contribution in [0.5, 0.6) is 5.75 Å². The Bertz CT molecular complexity index is 490. The van der Waals surface area contributed by atoms with E-state index in [1.165, 1.54) is 0 Å². The predicted octanol–water partition coefficient (Wildman–Crippen LogP) is 1.98. The molecule has 1 aromatic rings. The van der Waals surface area contributed by atoms with Gasteiger partial charge in [-0.15, -0.1) is 12.4 Å². The number of nitrogens with one attached hydrogen (secondary N) is 2. The molecule has 1 aliphatic rings. The van der Waals surface area contributed by atoms with Gasteiger partial charge in [0, 0.05) is 18.7 Å². The molecule has 1 fully saturated rings. The van der Waals surface area contributed by atoms with E-state index < -0.39 is 0 Å². The molecule has 0 radical (unpaired) electrons. The Kier molecular flexibility index (Phi) is 7.65. The van der Waals surface area contributed by atoms with E-state index in [-0.39, 0.29) is 30.5 Å². The van der Waals surface area contributed by atoms with Crippen LogP contribution >= 0.6 is 12.4 Å². The number of morpholine rings is 1. The highest BCUT2D eigenvalue weighted by molar-refractivity contribution is 5.85. The van der Waals surface area contributed by atoms with E-state index in [0.29, 0.717) is 13.0 Å². The zero-order chi connectivity index (χ0) is 15.2. The van der Waals surface area contributed by atoms with E-state index in [4.69, 9.17) is 9.47 Å². The summed E-state index contributed by atoms with van der Waals surface area (Å²) in [6.07, 6.45) is 0.344. The first-order valence-electron chi connectivity index (χ1n) is 7.36. The van der Waals surface area contributed by atoms with E-state index >= 15 is 0 Å². The monoisotopic (exact) mass is 328 g/mol. The van der Waals surface area contributed by atoms with E-state index in [1.54, 1.807) is 7.11 Å². The lowest BCUT2D eigenvalue weighted by Gasteiger charge is -2.24. The summed E-state index contributed by atoms with van der Waals surface area (Å²) in [5, 5.41) is 6.24. The van der Waals surface area contributed by atoms with Crippen LogP contribution in [0.3, 0.4) is 0 Å². The van der Waals surface area contributed by atoms with Crippen LogP contribution in [-0.4, -0.2) is 38.8 Å². The number of carbonyl (C=O) groups is 1. The number of methoxy groups -OCH3 is 1. The summed E-state index contributed by atoms with van der Waals surface area (Å²) in [6.45, 7) is 6.25. The topological polar surface area (TPSA) is 59.6 Å². The molecule has 1 saturated heterocycles. The smallest absolute Gasteiger partial charge is 0.223 e. The van der Waals surface area contributed by atoms with E-state index in [1.807, 2.05) is 32.0 Å². The van der Waals surface area contributed by atoms with Crippen molar-refractivity contribution < 1.29 is 14.3 Å². The molecule has 0 aromatic heterocycles. The molecule has 2 unspecified atom stereocenters. The van der Waals surface area contributed by atoms with Crippen molar-refractivity contribution in [3.05, 3.63) is 29.3 Å². The van der Waals surface area contributed by atoms with Gasteiger partial charge in [-0.3, -0.25) is 4.79 Å². The molecule has 2 N–H and O–H groups in total. The second-order valence-electron chi connectivity index (χ2n) is 5.44. The molecule has 6 heteroatoms. The zero-order valence-electron chi connectivity index (χ0n) is 13.3. The second-order valence-corrected chi connectivity index (χ2v) is 5.44.